The zero-order valence-corrected chi connectivity index (χ0v) is 29.7. The van der Waals surface area contributed by atoms with Crippen molar-refractivity contribution in [3.63, 3.8) is 0 Å². The number of halogens is 3. The first kappa shape index (κ1) is 35.5. The molecular weight excluding hydrogens is 709 g/mol. The Labute approximate surface area is 289 Å². The van der Waals surface area contributed by atoms with Gasteiger partial charge in [-0.3, -0.25) is 13.9 Å². The monoisotopic (exact) mass is 743 g/mol. The molecule has 4 aromatic rings. The fourth-order valence-corrected chi connectivity index (χ4v) is 7.09. The summed E-state index contributed by atoms with van der Waals surface area (Å²) in [6.07, 6.45) is 0.883. The summed E-state index contributed by atoms with van der Waals surface area (Å²) in [6, 6.07) is 26.4. The highest BCUT2D eigenvalue weighted by Crippen LogP contribution is 2.29. The number of carbonyl (C=O) groups excluding carboxylic acids is 2. The third-order valence-electron chi connectivity index (χ3n) is 7.61. The molecule has 0 aliphatic heterocycles. The van der Waals surface area contributed by atoms with E-state index in [2.05, 4.69) is 21.2 Å². The van der Waals surface area contributed by atoms with Gasteiger partial charge in [-0.05, 0) is 73.9 Å². The molecular formula is C35H36BrCl2N3O4S. The van der Waals surface area contributed by atoms with Crippen LogP contribution in [-0.4, -0.2) is 43.8 Å². The topological polar surface area (TPSA) is 86.8 Å². The highest BCUT2D eigenvalue weighted by Gasteiger charge is 2.35. The maximum atomic E-state index is 14.6. The molecule has 0 heterocycles. The van der Waals surface area contributed by atoms with E-state index in [0.29, 0.717) is 26.5 Å². The molecule has 1 N–H and O–H groups in total. The molecule has 11 heteroatoms. The Morgan fingerprint density at radius 1 is 0.913 bits per heavy atom. The summed E-state index contributed by atoms with van der Waals surface area (Å²) in [5.41, 5.74) is 2.58. The highest BCUT2D eigenvalue weighted by atomic mass is 79.9. The van der Waals surface area contributed by atoms with Crippen LogP contribution in [0.3, 0.4) is 0 Å². The zero-order valence-electron chi connectivity index (χ0n) is 25.8. The molecule has 4 rings (SSSR count). The van der Waals surface area contributed by atoms with Gasteiger partial charge < -0.3 is 10.2 Å². The Morgan fingerprint density at radius 2 is 1.61 bits per heavy atom. The van der Waals surface area contributed by atoms with Gasteiger partial charge in [0.15, 0.2) is 0 Å². The second kappa shape index (κ2) is 16.0. The van der Waals surface area contributed by atoms with Crippen LogP contribution in [0.1, 0.15) is 37.0 Å². The van der Waals surface area contributed by atoms with Crippen LogP contribution in [0.25, 0.3) is 0 Å². The Balaban J connectivity index is 1.83. The number of benzene rings is 4. The molecule has 0 saturated carbocycles. The van der Waals surface area contributed by atoms with Crippen molar-refractivity contribution < 1.29 is 18.0 Å². The van der Waals surface area contributed by atoms with Gasteiger partial charge in [0.1, 0.15) is 12.6 Å². The Kier molecular flexibility index (Phi) is 12.3. The predicted molar refractivity (Wildman–Crippen MR) is 189 cm³/mol. The lowest BCUT2D eigenvalue weighted by molar-refractivity contribution is -0.140. The van der Waals surface area contributed by atoms with Gasteiger partial charge >= 0.3 is 0 Å². The maximum Gasteiger partial charge on any atom is 0.264 e. The summed E-state index contributed by atoms with van der Waals surface area (Å²) < 4.78 is 30.1. The Morgan fingerprint density at radius 3 is 2.24 bits per heavy atom. The van der Waals surface area contributed by atoms with E-state index in [1.165, 1.54) is 17.0 Å². The summed E-state index contributed by atoms with van der Waals surface area (Å²) in [5.74, 6) is -0.936. The van der Waals surface area contributed by atoms with E-state index in [4.69, 9.17) is 23.2 Å². The number of sulfonamides is 1. The highest BCUT2D eigenvalue weighted by molar-refractivity contribution is 9.10. The van der Waals surface area contributed by atoms with Crippen molar-refractivity contribution in [3.05, 3.63) is 128 Å². The number of anilines is 1. The lowest BCUT2D eigenvalue weighted by Gasteiger charge is -2.34. The normalized spacial score (nSPS) is 12.7. The molecule has 2 amide bonds. The van der Waals surface area contributed by atoms with Crippen molar-refractivity contribution in [2.75, 3.05) is 10.8 Å². The third-order valence-corrected chi connectivity index (χ3v) is 10.5. The average molecular weight is 746 g/mol. The minimum atomic E-state index is -4.21. The van der Waals surface area contributed by atoms with Crippen LogP contribution in [0.5, 0.6) is 0 Å². The molecule has 0 bridgehead atoms. The van der Waals surface area contributed by atoms with Crippen molar-refractivity contribution >= 4 is 66.7 Å². The summed E-state index contributed by atoms with van der Waals surface area (Å²) in [4.78, 5) is 30.0. The van der Waals surface area contributed by atoms with Gasteiger partial charge in [0, 0.05) is 33.5 Å². The summed E-state index contributed by atoms with van der Waals surface area (Å²) in [7, 11) is -4.21. The summed E-state index contributed by atoms with van der Waals surface area (Å²) in [5, 5.41) is 3.77. The number of hydrogen-bond donors (Lipinski definition) is 1. The third kappa shape index (κ3) is 9.12. The molecule has 0 aliphatic rings. The molecule has 242 valence electrons. The first-order chi connectivity index (χ1) is 21.9. The van der Waals surface area contributed by atoms with Gasteiger partial charge in [-0.15, -0.1) is 0 Å². The van der Waals surface area contributed by atoms with Crippen molar-refractivity contribution in [1.29, 1.82) is 0 Å². The first-order valence-electron chi connectivity index (χ1n) is 14.8. The summed E-state index contributed by atoms with van der Waals surface area (Å²) in [6.45, 7) is 5.09. The Bertz CT molecular complexity index is 1770. The number of amides is 2. The van der Waals surface area contributed by atoms with Crippen LogP contribution >= 0.6 is 39.1 Å². The van der Waals surface area contributed by atoms with Crippen LogP contribution < -0.4 is 9.62 Å². The molecule has 7 nitrogen and oxygen atoms in total. The minimum Gasteiger partial charge on any atom is -0.352 e. The molecule has 0 unspecified atom stereocenters. The second-order valence-electron chi connectivity index (χ2n) is 11.1. The maximum absolute atomic E-state index is 14.6. The summed E-state index contributed by atoms with van der Waals surface area (Å²) >= 11 is 16.2. The van der Waals surface area contributed by atoms with Crippen LogP contribution in [-0.2, 0) is 32.6 Å². The van der Waals surface area contributed by atoms with E-state index in [-0.39, 0.29) is 35.5 Å². The van der Waals surface area contributed by atoms with E-state index < -0.39 is 28.5 Å². The second-order valence-corrected chi connectivity index (χ2v) is 14.7. The fraction of sp³-hybridized carbons (Fsp3) is 0.257. The smallest absolute Gasteiger partial charge is 0.264 e. The number of rotatable bonds is 13. The molecule has 0 spiro atoms. The Hall–Kier alpha value is -3.37. The van der Waals surface area contributed by atoms with Crippen molar-refractivity contribution in [2.45, 2.75) is 57.1 Å². The molecule has 0 aliphatic carbocycles. The molecule has 2 atom stereocenters. The lowest BCUT2D eigenvalue weighted by Crippen LogP contribution is -2.54. The fourth-order valence-electron chi connectivity index (χ4n) is 4.83. The molecule has 46 heavy (non-hydrogen) atoms. The van der Waals surface area contributed by atoms with Gasteiger partial charge in [-0.1, -0.05) is 106 Å². The largest absolute Gasteiger partial charge is 0.352 e. The lowest BCUT2D eigenvalue weighted by atomic mass is 10.0. The van der Waals surface area contributed by atoms with Crippen molar-refractivity contribution in [2.24, 2.45) is 0 Å². The van der Waals surface area contributed by atoms with E-state index in [0.717, 1.165) is 15.4 Å². The molecule has 0 radical (unpaired) electrons. The number of nitrogens with zero attached hydrogens (tertiary/aromatic N) is 2. The predicted octanol–water partition coefficient (Wildman–Crippen LogP) is 7.81. The van der Waals surface area contributed by atoms with Gasteiger partial charge in [0.25, 0.3) is 10.0 Å². The van der Waals surface area contributed by atoms with Crippen LogP contribution in [0.15, 0.2) is 106 Å². The van der Waals surface area contributed by atoms with Gasteiger partial charge in [0.05, 0.1) is 10.6 Å². The van der Waals surface area contributed by atoms with Gasteiger partial charge in [-0.25, -0.2) is 8.42 Å². The molecule has 0 aromatic heterocycles. The molecule has 0 fully saturated rings. The number of carbonyl (C=O) groups is 2. The van der Waals surface area contributed by atoms with E-state index in [9.17, 15) is 18.0 Å². The first-order valence-corrected chi connectivity index (χ1v) is 17.8. The van der Waals surface area contributed by atoms with Crippen molar-refractivity contribution in [3.8, 4) is 0 Å². The minimum absolute atomic E-state index is 0.0357. The SMILES string of the molecule is CC[C@H](C)NC(=O)[C@H](Cc1ccccc1)N(Cc1ccc(Cl)cc1Cl)C(=O)CN(c1cccc(Br)c1)S(=O)(=O)c1ccc(C)cc1. The number of hydrogen-bond acceptors (Lipinski definition) is 4. The van der Waals surface area contributed by atoms with E-state index in [1.54, 1.807) is 54.6 Å². The van der Waals surface area contributed by atoms with E-state index in [1.807, 2.05) is 51.1 Å². The molecule has 4 aromatic carbocycles. The van der Waals surface area contributed by atoms with Crippen LogP contribution in [0, 0.1) is 6.92 Å². The zero-order chi connectivity index (χ0) is 33.4. The number of aryl methyl sites for hydroxylation is 1. The average Bonchev–Trinajstić information content (AvgIpc) is 3.02. The number of nitrogens with one attached hydrogen (secondary N) is 1. The van der Waals surface area contributed by atoms with Gasteiger partial charge in [0.2, 0.25) is 11.8 Å². The van der Waals surface area contributed by atoms with E-state index >= 15 is 0 Å². The standard InChI is InChI=1S/C35H36BrCl2N3O4S/c1-4-25(3)39-35(43)33(19-26-9-6-5-7-10-26)40(22-27-15-16-29(37)21-32(27)38)34(42)23-41(30-12-8-11-28(36)20-30)46(44,45)31-17-13-24(2)14-18-31/h5-18,20-21,25,33H,4,19,22-23H2,1-3H3,(H,39,43)/t25-,33-/m0/s1. The molecule has 0 saturated heterocycles. The van der Waals surface area contributed by atoms with Crippen LogP contribution in [0.2, 0.25) is 10.0 Å². The van der Waals surface area contributed by atoms with Gasteiger partial charge in [-0.2, -0.15) is 0 Å². The van der Waals surface area contributed by atoms with Crippen molar-refractivity contribution in [1.82, 2.24) is 10.2 Å². The van der Waals surface area contributed by atoms with Crippen LogP contribution in [0.4, 0.5) is 5.69 Å². The quantitative estimate of drug-likeness (QED) is 0.151.